The zero-order chi connectivity index (χ0) is 21.1. The van der Waals surface area contributed by atoms with Gasteiger partial charge >= 0.3 is 0 Å². The maximum atomic E-state index is 13.2. The van der Waals surface area contributed by atoms with Gasteiger partial charge in [0, 0.05) is 25.9 Å². The van der Waals surface area contributed by atoms with Gasteiger partial charge in [-0.2, -0.15) is 5.10 Å². The molecule has 0 radical (unpaired) electrons. The third-order valence-electron chi connectivity index (χ3n) is 5.48. The molecule has 0 N–H and O–H groups in total. The van der Waals surface area contributed by atoms with E-state index in [0.29, 0.717) is 18.8 Å². The fourth-order valence-corrected chi connectivity index (χ4v) is 4.09. The SMILES string of the molecule is CCOc1ccc(CC(=O)N2CCCCC2c2nn(C)cc2-c2cc(C)no2)cc1. The van der Waals surface area contributed by atoms with Crippen molar-refractivity contribution in [3.05, 3.63) is 53.5 Å². The topological polar surface area (TPSA) is 73.4 Å². The molecule has 158 valence electrons. The highest BCUT2D eigenvalue weighted by molar-refractivity contribution is 5.79. The van der Waals surface area contributed by atoms with Gasteiger partial charge in [-0.25, -0.2) is 0 Å². The normalized spacial score (nSPS) is 16.6. The van der Waals surface area contributed by atoms with Crippen LogP contribution in [0.15, 0.2) is 41.1 Å². The summed E-state index contributed by atoms with van der Waals surface area (Å²) in [6.07, 6.45) is 5.29. The molecule has 1 amide bonds. The number of benzene rings is 1. The number of hydrogen-bond donors (Lipinski definition) is 0. The molecule has 7 nitrogen and oxygen atoms in total. The second-order valence-corrected chi connectivity index (χ2v) is 7.79. The van der Waals surface area contributed by atoms with Crippen molar-refractivity contribution in [3.63, 3.8) is 0 Å². The van der Waals surface area contributed by atoms with Crippen LogP contribution < -0.4 is 4.74 Å². The van der Waals surface area contributed by atoms with Crippen LogP contribution in [0.5, 0.6) is 5.75 Å². The van der Waals surface area contributed by atoms with Crippen LogP contribution >= 0.6 is 0 Å². The van der Waals surface area contributed by atoms with E-state index >= 15 is 0 Å². The monoisotopic (exact) mass is 408 g/mol. The Labute approximate surface area is 176 Å². The van der Waals surface area contributed by atoms with Crippen molar-refractivity contribution in [2.75, 3.05) is 13.2 Å². The molecular formula is C23H28N4O3. The van der Waals surface area contributed by atoms with Gasteiger partial charge in [0.1, 0.15) is 5.75 Å². The van der Waals surface area contributed by atoms with Crippen molar-refractivity contribution in [3.8, 4) is 17.1 Å². The molecule has 1 unspecified atom stereocenters. The summed E-state index contributed by atoms with van der Waals surface area (Å²) in [7, 11) is 1.89. The molecule has 1 saturated heterocycles. The number of piperidine rings is 1. The molecular weight excluding hydrogens is 380 g/mol. The minimum Gasteiger partial charge on any atom is -0.494 e. The first kappa shape index (κ1) is 20.2. The number of amides is 1. The van der Waals surface area contributed by atoms with Gasteiger partial charge in [-0.15, -0.1) is 0 Å². The quantitative estimate of drug-likeness (QED) is 0.614. The predicted octanol–water partition coefficient (Wildman–Crippen LogP) is 4.08. The van der Waals surface area contributed by atoms with Crippen LogP contribution in [-0.2, 0) is 18.3 Å². The summed E-state index contributed by atoms with van der Waals surface area (Å²) in [6.45, 7) is 5.23. The van der Waals surface area contributed by atoms with Crippen molar-refractivity contribution in [1.29, 1.82) is 0 Å². The molecule has 1 fully saturated rings. The number of hydrogen-bond acceptors (Lipinski definition) is 5. The minimum atomic E-state index is -0.0597. The van der Waals surface area contributed by atoms with Gasteiger partial charge in [-0.1, -0.05) is 17.3 Å². The molecule has 7 heteroatoms. The highest BCUT2D eigenvalue weighted by atomic mass is 16.5. The maximum Gasteiger partial charge on any atom is 0.227 e. The van der Waals surface area contributed by atoms with Crippen molar-refractivity contribution >= 4 is 5.91 Å². The molecule has 4 rings (SSSR count). The van der Waals surface area contributed by atoms with E-state index in [1.807, 2.05) is 62.3 Å². The number of rotatable bonds is 6. The maximum absolute atomic E-state index is 13.2. The molecule has 3 aromatic rings. The smallest absolute Gasteiger partial charge is 0.227 e. The molecule has 1 aromatic carbocycles. The number of likely N-dealkylation sites (tertiary alicyclic amines) is 1. The first-order valence-electron chi connectivity index (χ1n) is 10.5. The molecule has 1 atom stereocenters. The zero-order valence-electron chi connectivity index (χ0n) is 17.8. The predicted molar refractivity (Wildman–Crippen MR) is 113 cm³/mol. The van der Waals surface area contributed by atoms with E-state index in [-0.39, 0.29) is 11.9 Å². The first-order chi connectivity index (χ1) is 14.5. The lowest BCUT2D eigenvalue weighted by atomic mass is 9.95. The average Bonchev–Trinajstić information content (AvgIpc) is 3.35. The van der Waals surface area contributed by atoms with Crippen molar-refractivity contribution < 1.29 is 14.1 Å². The van der Waals surface area contributed by atoms with Gasteiger partial charge in [0.2, 0.25) is 5.91 Å². The first-order valence-corrected chi connectivity index (χ1v) is 10.5. The number of ether oxygens (including phenoxy) is 1. The largest absolute Gasteiger partial charge is 0.494 e. The molecule has 0 spiro atoms. The molecule has 0 aliphatic carbocycles. The Bertz CT molecular complexity index is 1010. The van der Waals surface area contributed by atoms with Gasteiger partial charge in [0.15, 0.2) is 5.76 Å². The Balaban J connectivity index is 1.57. The second-order valence-electron chi connectivity index (χ2n) is 7.79. The number of aryl methyl sites for hydroxylation is 2. The standard InChI is InChI=1S/C23H28N4O3/c1-4-29-18-10-8-17(9-11-18)14-22(28)27-12-6-5-7-20(27)23-19(15-26(3)24-23)21-13-16(2)25-30-21/h8-11,13,15,20H,4-7,12,14H2,1-3H3. The summed E-state index contributed by atoms with van der Waals surface area (Å²) >= 11 is 0. The summed E-state index contributed by atoms with van der Waals surface area (Å²) in [4.78, 5) is 15.2. The summed E-state index contributed by atoms with van der Waals surface area (Å²) in [5, 5.41) is 8.73. The Kier molecular flexibility index (Phi) is 5.88. The lowest BCUT2D eigenvalue weighted by Crippen LogP contribution is -2.39. The summed E-state index contributed by atoms with van der Waals surface area (Å²) in [6, 6.07) is 9.62. The highest BCUT2D eigenvalue weighted by Crippen LogP contribution is 2.36. The molecule has 3 heterocycles. The second kappa shape index (κ2) is 8.73. The Morgan fingerprint density at radius 3 is 2.77 bits per heavy atom. The van der Waals surface area contributed by atoms with E-state index in [0.717, 1.165) is 54.1 Å². The van der Waals surface area contributed by atoms with Crippen LogP contribution in [0.25, 0.3) is 11.3 Å². The molecule has 1 aliphatic rings. The molecule has 0 saturated carbocycles. The van der Waals surface area contributed by atoms with Crippen molar-refractivity contribution in [2.45, 2.75) is 45.6 Å². The van der Waals surface area contributed by atoms with Crippen molar-refractivity contribution in [2.24, 2.45) is 7.05 Å². The van der Waals surface area contributed by atoms with Crippen LogP contribution in [0, 0.1) is 6.92 Å². The number of carbonyl (C=O) groups is 1. The van der Waals surface area contributed by atoms with Crippen LogP contribution in [0.3, 0.4) is 0 Å². The van der Waals surface area contributed by atoms with E-state index in [9.17, 15) is 4.79 Å². The van der Waals surface area contributed by atoms with Crippen LogP contribution in [0.2, 0.25) is 0 Å². The van der Waals surface area contributed by atoms with E-state index in [1.54, 1.807) is 4.68 Å². The highest BCUT2D eigenvalue weighted by Gasteiger charge is 2.32. The van der Waals surface area contributed by atoms with E-state index < -0.39 is 0 Å². The van der Waals surface area contributed by atoms with E-state index in [1.165, 1.54) is 0 Å². The number of nitrogens with zero attached hydrogens (tertiary/aromatic N) is 4. The molecule has 1 aliphatic heterocycles. The van der Waals surface area contributed by atoms with Crippen LogP contribution in [0.1, 0.15) is 49.2 Å². The van der Waals surface area contributed by atoms with Gasteiger partial charge in [0.25, 0.3) is 0 Å². The summed E-state index contributed by atoms with van der Waals surface area (Å²) in [5.74, 6) is 1.64. The molecule has 2 aromatic heterocycles. The average molecular weight is 409 g/mol. The van der Waals surface area contributed by atoms with Gasteiger partial charge in [0.05, 0.1) is 36.0 Å². The van der Waals surface area contributed by atoms with E-state index in [2.05, 4.69) is 5.16 Å². The number of aromatic nitrogens is 3. The van der Waals surface area contributed by atoms with Gasteiger partial charge in [-0.05, 0) is 50.8 Å². The Morgan fingerprint density at radius 1 is 1.27 bits per heavy atom. The van der Waals surface area contributed by atoms with Crippen LogP contribution in [-0.4, -0.2) is 38.9 Å². The lowest BCUT2D eigenvalue weighted by molar-refractivity contribution is -0.134. The zero-order valence-corrected chi connectivity index (χ0v) is 17.8. The van der Waals surface area contributed by atoms with E-state index in [4.69, 9.17) is 14.4 Å². The minimum absolute atomic E-state index is 0.0597. The van der Waals surface area contributed by atoms with Crippen LogP contribution in [0.4, 0.5) is 0 Å². The molecule has 30 heavy (non-hydrogen) atoms. The van der Waals surface area contributed by atoms with Gasteiger partial charge < -0.3 is 14.2 Å². The Hall–Kier alpha value is -3.09. The Morgan fingerprint density at radius 2 is 2.07 bits per heavy atom. The van der Waals surface area contributed by atoms with Gasteiger partial charge in [-0.3, -0.25) is 9.48 Å². The number of carbonyl (C=O) groups excluding carboxylic acids is 1. The summed E-state index contributed by atoms with van der Waals surface area (Å²) < 4.78 is 12.8. The lowest BCUT2D eigenvalue weighted by Gasteiger charge is -2.35. The van der Waals surface area contributed by atoms with Crippen molar-refractivity contribution in [1.82, 2.24) is 19.8 Å². The third kappa shape index (κ3) is 4.25. The molecule has 0 bridgehead atoms. The third-order valence-corrected chi connectivity index (χ3v) is 5.48. The fourth-order valence-electron chi connectivity index (χ4n) is 4.09. The fraction of sp³-hybridized carbons (Fsp3) is 0.435. The summed E-state index contributed by atoms with van der Waals surface area (Å²) in [5.41, 5.74) is 3.60.